The van der Waals surface area contributed by atoms with Crippen LogP contribution in [0.4, 0.5) is 0 Å². The Morgan fingerprint density at radius 3 is 2.67 bits per heavy atom. The zero-order valence-electron chi connectivity index (χ0n) is 12.3. The lowest BCUT2D eigenvalue weighted by atomic mass is 10.4. The first-order valence-corrected chi connectivity index (χ1v) is 8.80. The van der Waals surface area contributed by atoms with Crippen molar-refractivity contribution in [2.24, 2.45) is 5.73 Å². The standard InChI is InChI=1S/C12H19N5O2S2/c1-8-6-14-11(20-8)7-15-21(18,19)12-9(2)16-17(5-4-13)10(12)3/h6,15H,4-5,7,13H2,1-3H3. The number of rotatable bonds is 6. The summed E-state index contributed by atoms with van der Waals surface area (Å²) >= 11 is 1.47. The SMILES string of the molecule is Cc1cnc(CNS(=O)(=O)c2c(C)nn(CCN)c2C)s1. The molecule has 0 aromatic carbocycles. The number of nitrogens with zero attached hydrogens (tertiary/aromatic N) is 3. The summed E-state index contributed by atoms with van der Waals surface area (Å²) in [4.78, 5) is 5.42. The number of nitrogens with two attached hydrogens (primary N) is 1. The summed E-state index contributed by atoms with van der Waals surface area (Å²) < 4.78 is 29.1. The van der Waals surface area contributed by atoms with Crippen molar-refractivity contribution in [1.29, 1.82) is 0 Å². The van der Waals surface area contributed by atoms with Crippen LogP contribution in [0.3, 0.4) is 0 Å². The maximum Gasteiger partial charge on any atom is 0.244 e. The molecule has 0 spiro atoms. The highest BCUT2D eigenvalue weighted by atomic mass is 32.2. The molecule has 0 unspecified atom stereocenters. The summed E-state index contributed by atoms with van der Waals surface area (Å²) in [7, 11) is -3.62. The van der Waals surface area contributed by atoms with Crippen molar-refractivity contribution in [2.75, 3.05) is 6.54 Å². The Balaban J connectivity index is 2.23. The van der Waals surface area contributed by atoms with Gasteiger partial charge in [-0.3, -0.25) is 4.68 Å². The highest BCUT2D eigenvalue weighted by Gasteiger charge is 2.24. The van der Waals surface area contributed by atoms with E-state index in [2.05, 4.69) is 14.8 Å². The van der Waals surface area contributed by atoms with Crippen LogP contribution in [-0.2, 0) is 23.1 Å². The second kappa shape index (κ2) is 6.22. The molecule has 0 saturated carbocycles. The minimum absolute atomic E-state index is 0.182. The number of thiazole rings is 1. The van der Waals surface area contributed by atoms with Crippen molar-refractivity contribution in [2.45, 2.75) is 38.8 Å². The van der Waals surface area contributed by atoms with Gasteiger partial charge in [-0.15, -0.1) is 11.3 Å². The fourth-order valence-corrected chi connectivity index (χ4v) is 4.33. The maximum absolute atomic E-state index is 12.5. The fraction of sp³-hybridized carbons (Fsp3) is 0.500. The smallest absolute Gasteiger partial charge is 0.244 e. The van der Waals surface area contributed by atoms with Crippen molar-refractivity contribution in [1.82, 2.24) is 19.5 Å². The molecule has 0 aliphatic heterocycles. The van der Waals surface area contributed by atoms with Crippen molar-refractivity contribution >= 4 is 21.4 Å². The molecule has 2 aromatic rings. The molecule has 116 valence electrons. The average molecular weight is 329 g/mol. The molecule has 2 heterocycles. The van der Waals surface area contributed by atoms with Crippen LogP contribution in [0.5, 0.6) is 0 Å². The first kappa shape index (κ1) is 16.1. The van der Waals surface area contributed by atoms with E-state index in [1.54, 1.807) is 24.7 Å². The Morgan fingerprint density at radius 2 is 2.10 bits per heavy atom. The molecule has 2 rings (SSSR count). The Labute approximate surface area is 128 Å². The van der Waals surface area contributed by atoms with Crippen LogP contribution in [0.15, 0.2) is 11.1 Å². The third-order valence-corrected chi connectivity index (χ3v) is 5.57. The Bertz CT molecular complexity index is 733. The van der Waals surface area contributed by atoms with Gasteiger partial charge in [0.2, 0.25) is 10.0 Å². The third kappa shape index (κ3) is 3.49. The summed E-state index contributed by atoms with van der Waals surface area (Å²) in [6.07, 6.45) is 1.73. The molecule has 0 bridgehead atoms. The van der Waals surface area contributed by atoms with Gasteiger partial charge in [-0.05, 0) is 20.8 Å². The number of sulfonamides is 1. The Kier molecular flexibility index (Phi) is 4.77. The van der Waals surface area contributed by atoms with Crippen molar-refractivity contribution < 1.29 is 8.42 Å². The van der Waals surface area contributed by atoms with E-state index in [-0.39, 0.29) is 11.4 Å². The summed E-state index contributed by atoms with van der Waals surface area (Å²) in [5.74, 6) is 0. The third-order valence-electron chi connectivity index (χ3n) is 3.01. The van der Waals surface area contributed by atoms with Gasteiger partial charge in [0.1, 0.15) is 9.90 Å². The van der Waals surface area contributed by atoms with Crippen LogP contribution in [0.1, 0.15) is 21.3 Å². The first-order valence-electron chi connectivity index (χ1n) is 6.50. The van der Waals surface area contributed by atoms with E-state index in [0.29, 0.717) is 24.5 Å². The van der Waals surface area contributed by atoms with Crippen LogP contribution in [0.25, 0.3) is 0 Å². The zero-order valence-corrected chi connectivity index (χ0v) is 13.9. The molecule has 0 aliphatic rings. The monoisotopic (exact) mass is 329 g/mol. The topological polar surface area (TPSA) is 103 Å². The fourth-order valence-electron chi connectivity index (χ4n) is 2.12. The predicted molar refractivity (Wildman–Crippen MR) is 81.6 cm³/mol. The van der Waals surface area contributed by atoms with E-state index in [0.717, 1.165) is 9.88 Å². The zero-order chi connectivity index (χ0) is 15.6. The van der Waals surface area contributed by atoms with Gasteiger partial charge in [0.15, 0.2) is 0 Å². The second-order valence-electron chi connectivity index (χ2n) is 4.70. The van der Waals surface area contributed by atoms with E-state index in [9.17, 15) is 8.42 Å². The van der Waals surface area contributed by atoms with E-state index in [4.69, 9.17) is 5.73 Å². The van der Waals surface area contributed by atoms with Crippen LogP contribution in [0.2, 0.25) is 0 Å². The van der Waals surface area contributed by atoms with Gasteiger partial charge in [0.25, 0.3) is 0 Å². The van der Waals surface area contributed by atoms with Gasteiger partial charge in [-0.2, -0.15) is 5.10 Å². The van der Waals surface area contributed by atoms with E-state index >= 15 is 0 Å². The normalized spacial score (nSPS) is 12.0. The second-order valence-corrected chi connectivity index (χ2v) is 7.72. The van der Waals surface area contributed by atoms with Gasteiger partial charge >= 0.3 is 0 Å². The summed E-state index contributed by atoms with van der Waals surface area (Å²) in [6, 6.07) is 0. The molecule has 9 heteroatoms. The lowest BCUT2D eigenvalue weighted by Gasteiger charge is -2.06. The average Bonchev–Trinajstić information content (AvgIpc) is 2.93. The molecular weight excluding hydrogens is 310 g/mol. The highest BCUT2D eigenvalue weighted by Crippen LogP contribution is 2.20. The van der Waals surface area contributed by atoms with Crippen molar-refractivity contribution in [3.05, 3.63) is 27.5 Å². The lowest BCUT2D eigenvalue weighted by Crippen LogP contribution is -2.24. The maximum atomic E-state index is 12.5. The van der Waals surface area contributed by atoms with E-state index < -0.39 is 10.0 Å². The molecule has 0 fully saturated rings. The summed E-state index contributed by atoms with van der Waals surface area (Å²) in [6.45, 7) is 6.43. The van der Waals surface area contributed by atoms with Crippen molar-refractivity contribution in [3.63, 3.8) is 0 Å². The number of hydrogen-bond acceptors (Lipinski definition) is 6. The molecule has 3 N–H and O–H groups in total. The van der Waals surface area contributed by atoms with Gasteiger partial charge in [-0.1, -0.05) is 0 Å². The Hall–Kier alpha value is -1.29. The lowest BCUT2D eigenvalue weighted by molar-refractivity contribution is 0.577. The highest BCUT2D eigenvalue weighted by molar-refractivity contribution is 7.89. The van der Waals surface area contributed by atoms with Gasteiger partial charge in [0, 0.05) is 17.6 Å². The van der Waals surface area contributed by atoms with Crippen LogP contribution in [-0.4, -0.2) is 29.7 Å². The molecule has 2 aromatic heterocycles. The molecule has 7 nitrogen and oxygen atoms in total. The number of aromatic nitrogens is 3. The number of hydrogen-bond donors (Lipinski definition) is 2. The minimum Gasteiger partial charge on any atom is -0.329 e. The number of aryl methyl sites for hydroxylation is 2. The molecular formula is C12H19N5O2S2. The van der Waals surface area contributed by atoms with Gasteiger partial charge in [-0.25, -0.2) is 18.1 Å². The number of nitrogens with one attached hydrogen (secondary N) is 1. The quantitative estimate of drug-likeness (QED) is 0.812. The summed E-state index contributed by atoms with van der Waals surface area (Å²) in [5, 5.41) is 4.97. The van der Waals surface area contributed by atoms with E-state index in [1.807, 2.05) is 6.92 Å². The minimum atomic E-state index is -3.62. The first-order chi connectivity index (χ1) is 9.85. The van der Waals surface area contributed by atoms with Crippen LogP contribution < -0.4 is 10.5 Å². The largest absolute Gasteiger partial charge is 0.329 e. The van der Waals surface area contributed by atoms with Crippen LogP contribution in [0, 0.1) is 20.8 Å². The molecule has 0 aliphatic carbocycles. The van der Waals surface area contributed by atoms with Crippen LogP contribution >= 0.6 is 11.3 Å². The molecule has 0 amide bonds. The van der Waals surface area contributed by atoms with Crippen molar-refractivity contribution in [3.8, 4) is 0 Å². The predicted octanol–water partition coefficient (Wildman–Crippen LogP) is 0.702. The molecule has 0 radical (unpaired) electrons. The molecule has 0 saturated heterocycles. The van der Waals surface area contributed by atoms with Gasteiger partial charge < -0.3 is 5.73 Å². The van der Waals surface area contributed by atoms with E-state index in [1.165, 1.54) is 11.3 Å². The molecule has 0 atom stereocenters. The molecule has 21 heavy (non-hydrogen) atoms. The van der Waals surface area contributed by atoms with Gasteiger partial charge in [0.05, 0.1) is 24.5 Å². The Morgan fingerprint density at radius 1 is 1.38 bits per heavy atom. The summed E-state index contributed by atoms with van der Waals surface area (Å²) in [5.41, 5.74) is 6.58.